The number of hydrogen-bond acceptors (Lipinski definition) is 2. The lowest BCUT2D eigenvalue weighted by Gasteiger charge is -1.91. The number of carboxylic acid groups (broad SMARTS) is 2. The molecule has 0 aromatic carbocycles. The molecular formula is C5H5ClO4. The second kappa shape index (κ2) is 3.90. The van der Waals surface area contributed by atoms with E-state index in [0.29, 0.717) is 6.08 Å². The molecule has 5 heteroatoms. The highest BCUT2D eigenvalue weighted by molar-refractivity contribution is 6.31. The van der Waals surface area contributed by atoms with Gasteiger partial charge in [0.15, 0.2) is 0 Å². The molecule has 4 nitrogen and oxygen atoms in total. The normalized spacial score (nSPS) is 13.3. The fraction of sp³-hybridized carbons (Fsp3) is 0.200. The van der Waals surface area contributed by atoms with Crippen molar-refractivity contribution < 1.29 is 19.8 Å². The summed E-state index contributed by atoms with van der Waals surface area (Å²) in [4.78, 5) is 19.7. The molecule has 0 saturated carbocycles. The molecule has 10 heavy (non-hydrogen) atoms. The zero-order valence-corrected chi connectivity index (χ0v) is 5.58. The summed E-state index contributed by atoms with van der Waals surface area (Å²) in [6.07, 6.45) is 1.57. The Bertz CT molecular complexity index is 174. The summed E-state index contributed by atoms with van der Waals surface area (Å²) in [5.41, 5.74) is 0. The Morgan fingerprint density at radius 3 is 2.20 bits per heavy atom. The van der Waals surface area contributed by atoms with E-state index < -0.39 is 17.3 Å². The summed E-state index contributed by atoms with van der Waals surface area (Å²) in [7, 11) is 0. The Labute approximate surface area is 61.7 Å². The second-order valence-corrected chi connectivity index (χ2v) is 1.91. The van der Waals surface area contributed by atoms with Crippen LogP contribution in [-0.2, 0) is 9.59 Å². The number of rotatable bonds is 3. The van der Waals surface area contributed by atoms with Gasteiger partial charge in [0.2, 0.25) is 0 Å². The van der Waals surface area contributed by atoms with E-state index in [1.165, 1.54) is 0 Å². The van der Waals surface area contributed by atoms with Crippen molar-refractivity contribution in [3.05, 3.63) is 12.2 Å². The Balaban J connectivity index is 3.89. The predicted molar refractivity (Wildman–Crippen MR) is 34.1 cm³/mol. The molecule has 0 aromatic rings. The fourth-order valence-corrected chi connectivity index (χ4v) is 0.322. The van der Waals surface area contributed by atoms with Gasteiger partial charge in [-0.1, -0.05) is 0 Å². The minimum absolute atomic E-state index is 0.686. The van der Waals surface area contributed by atoms with Gasteiger partial charge in [0, 0.05) is 6.08 Å². The standard InChI is InChI=1S/C5H5ClO4/c6-3(5(9)10)1-2-4(7)8/h1-3H,(H,7,8)(H,9,10). The van der Waals surface area contributed by atoms with Gasteiger partial charge in [0.1, 0.15) is 5.38 Å². The first-order valence-corrected chi connectivity index (χ1v) is 2.75. The quantitative estimate of drug-likeness (QED) is 0.465. The first-order chi connectivity index (χ1) is 4.54. The number of alkyl halides is 1. The molecule has 0 aliphatic carbocycles. The minimum atomic E-state index is -1.27. The number of carboxylic acids is 2. The maximum absolute atomic E-state index is 9.94. The molecular weight excluding hydrogens is 160 g/mol. The lowest BCUT2D eigenvalue weighted by molar-refractivity contribution is -0.135. The molecule has 1 unspecified atom stereocenters. The van der Waals surface area contributed by atoms with E-state index in [2.05, 4.69) is 0 Å². The molecule has 0 aromatic heterocycles. The zero-order valence-electron chi connectivity index (χ0n) is 4.82. The van der Waals surface area contributed by atoms with Crippen molar-refractivity contribution in [3.8, 4) is 0 Å². The molecule has 56 valence electrons. The number of hydrogen-bond donors (Lipinski definition) is 2. The van der Waals surface area contributed by atoms with Crippen molar-refractivity contribution in [2.24, 2.45) is 0 Å². The summed E-state index contributed by atoms with van der Waals surface area (Å²) < 4.78 is 0. The molecule has 2 N–H and O–H groups in total. The maximum Gasteiger partial charge on any atom is 0.328 e. The fourth-order valence-electron chi connectivity index (χ4n) is 0.249. The van der Waals surface area contributed by atoms with Gasteiger partial charge in [0.25, 0.3) is 0 Å². The third-order valence-electron chi connectivity index (χ3n) is 0.644. The summed E-state index contributed by atoms with van der Waals surface area (Å²) in [5, 5.41) is 14.9. The maximum atomic E-state index is 9.94. The van der Waals surface area contributed by atoms with Crippen LogP contribution in [0.25, 0.3) is 0 Å². The lowest BCUT2D eigenvalue weighted by Crippen LogP contribution is -2.10. The predicted octanol–water partition coefficient (Wildman–Crippen LogP) is 0.319. The van der Waals surface area contributed by atoms with Crippen molar-refractivity contribution in [2.75, 3.05) is 0 Å². The highest BCUT2D eigenvalue weighted by Gasteiger charge is 2.08. The zero-order chi connectivity index (χ0) is 8.15. The first kappa shape index (κ1) is 8.97. The van der Waals surface area contributed by atoms with Crippen LogP contribution in [0.2, 0.25) is 0 Å². The van der Waals surface area contributed by atoms with Crippen LogP contribution in [0.4, 0.5) is 0 Å². The number of carbonyl (C=O) groups is 2. The van der Waals surface area contributed by atoms with Crippen LogP contribution in [0.1, 0.15) is 0 Å². The van der Waals surface area contributed by atoms with E-state index in [1.807, 2.05) is 0 Å². The van der Waals surface area contributed by atoms with Crippen molar-refractivity contribution in [3.63, 3.8) is 0 Å². The highest BCUT2D eigenvalue weighted by atomic mass is 35.5. The molecule has 0 aliphatic heterocycles. The Kier molecular flexibility index (Phi) is 3.49. The largest absolute Gasteiger partial charge is 0.480 e. The van der Waals surface area contributed by atoms with E-state index in [1.54, 1.807) is 0 Å². The summed E-state index contributed by atoms with van der Waals surface area (Å²) in [6, 6.07) is 0. The number of aliphatic carboxylic acids is 2. The van der Waals surface area contributed by atoms with Gasteiger partial charge in [-0.3, -0.25) is 4.79 Å². The second-order valence-electron chi connectivity index (χ2n) is 1.44. The van der Waals surface area contributed by atoms with Crippen molar-refractivity contribution >= 4 is 23.5 Å². The van der Waals surface area contributed by atoms with Crippen LogP contribution < -0.4 is 0 Å². The molecule has 0 saturated heterocycles. The van der Waals surface area contributed by atoms with E-state index >= 15 is 0 Å². The molecule has 0 aliphatic rings. The van der Waals surface area contributed by atoms with E-state index in [9.17, 15) is 9.59 Å². The van der Waals surface area contributed by atoms with Crippen LogP contribution >= 0.6 is 11.6 Å². The van der Waals surface area contributed by atoms with Crippen LogP contribution in [0.3, 0.4) is 0 Å². The molecule has 0 rings (SSSR count). The third-order valence-corrected chi connectivity index (χ3v) is 0.976. The smallest absolute Gasteiger partial charge is 0.328 e. The van der Waals surface area contributed by atoms with Gasteiger partial charge in [-0.05, 0) is 6.08 Å². The van der Waals surface area contributed by atoms with Gasteiger partial charge in [-0.15, -0.1) is 11.6 Å². The van der Waals surface area contributed by atoms with Crippen molar-refractivity contribution in [1.29, 1.82) is 0 Å². The molecule has 0 radical (unpaired) electrons. The van der Waals surface area contributed by atoms with Crippen LogP contribution in [0, 0.1) is 0 Å². The summed E-state index contributed by atoms with van der Waals surface area (Å²) in [5.74, 6) is -2.48. The Morgan fingerprint density at radius 2 is 1.90 bits per heavy atom. The molecule has 1 atom stereocenters. The summed E-state index contributed by atoms with van der Waals surface area (Å²) in [6.45, 7) is 0. The van der Waals surface area contributed by atoms with Crippen molar-refractivity contribution in [2.45, 2.75) is 5.38 Å². The molecule has 0 amide bonds. The van der Waals surface area contributed by atoms with E-state index in [0.717, 1.165) is 6.08 Å². The highest BCUT2D eigenvalue weighted by Crippen LogP contribution is 1.96. The Morgan fingerprint density at radius 1 is 1.40 bits per heavy atom. The van der Waals surface area contributed by atoms with Crippen molar-refractivity contribution in [1.82, 2.24) is 0 Å². The van der Waals surface area contributed by atoms with E-state index in [-0.39, 0.29) is 0 Å². The average Bonchev–Trinajstić information content (AvgIpc) is 1.82. The van der Waals surface area contributed by atoms with Crippen LogP contribution in [0.15, 0.2) is 12.2 Å². The van der Waals surface area contributed by atoms with Gasteiger partial charge in [0.05, 0.1) is 0 Å². The topological polar surface area (TPSA) is 74.6 Å². The molecule has 0 spiro atoms. The van der Waals surface area contributed by atoms with Gasteiger partial charge in [-0.25, -0.2) is 4.79 Å². The molecule has 0 fully saturated rings. The summed E-state index contributed by atoms with van der Waals surface area (Å²) >= 11 is 5.11. The van der Waals surface area contributed by atoms with Gasteiger partial charge in [-0.2, -0.15) is 0 Å². The number of halogens is 1. The SMILES string of the molecule is O=C(O)C=CC(Cl)C(=O)O. The lowest BCUT2D eigenvalue weighted by atomic mass is 10.4. The average molecular weight is 165 g/mol. The van der Waals surface area contributed by atoms with Gasteiger partial charge >= 0.3 is 11.9 Å². The van der Waals surface area contributed by atoms with Crippen LogP contribution in [0.5, 0.6) is 0 Å². The first-order valence-electron chi connectivity index (χ1n) is 2.32. The Hall–Kier alpha value is -1.03. The van der Waals surface area contributed by atoms with E-state index in [4.69, 9.17) is 21.8 Å². The van der Waals surface area contributed by atoms with Crippen LogP contribution in [-0.4, -0.2) is 27.5 Å². The third kappa shape index (κ3) is 3.91. The molecule has 0 heterocycles. The monoisotopic (exact) mass is 164 g/mol. The van der Waals surface area contributed by atoms with Gasteiger partial charge < -0.3 is 10.2 Å². The minimum Gasteiger partial charge on any atom is -0.480 e. The molecule has 0 bridgehead atoms.